The molecule has 2 N–H and O–H groups in total. The van der Waals surface area contributed by atoms with E-state index in [4.69, 9.17) is 5.73 Å². The smallest absolute Gasteiger partial charge is 0.125 e. The fraction of sp³-hybridized carbons (Fsp3) is 0.167. The third-order valence-electron chi connectivity index (χ3n) is 2.27. The van der Waals surface area contributed by atoms with E-state index in [-0.39, 0.29) is 5.82 Å². The summed E-state index contributed by atoms with van der Waals surface area (Å²) >= 11 is 1.75. The predicted molar refractivity (Wildman–Crippen MR) is 62.7 cm³/mol. The summed E-state index contributed by atoms with van der Waals surface area (Å²) in [6, 6.07) is 8.74. The number of hydrogen-bond donors (Lipinski definition) is 1. The highest BCUT2D eigenvalue weighted by Crippen LogP contribution is 2.22. The molecule has 0 saturated carbocycles. The van der Waals surface area contributed by atoms with Crippen LogP contribution in [0.25, 0.3) is 0 Å². The Bertz CT molecular complexity index is 476. The van der Waals surface area contributed by atoms with Crippen LogP contribution in [-0.4, -0.2) is 0 Å². The molecule has 0 spiro atoms. The molecule has 1 nitrogen and oxygen atoms in total. The third kappa shape index (κ3) is 2.36. The van der Waals surface area contributed by atoms with Gasteiger partial charge in [-0.1, -0.05) is 6.07 Å². The van der Waals surface area contributed by atoms with Crippen LogP contribution in [0.15, 0.2) is 30.3 Å². The summed E-state index contributed by atoms with van der Waals surface area (Å²) in [6.45, 7) is 2.07. The first-order valence-electron chi connectivity index (χ1n) is 4.74. The molecule has 3 heteroatoms. The standard InChI is InChI=1S/C12H12FNS/c1-8-2-5-11(15-8)6-9-3-4-10(13)7-12(9)14/h2-5,7H,6,14H2,1H3. The Balaban J connectivity index is 2.24. The molecule has 1 heterocycles. The van der Waals surface area contributed by atoms with Crippen LogP contribution in [-0.2, 0) is 6.42 Å². The van der Waals surface area contributed by atoms with Crippen LogP contribution in [0.3, 0.4) is 0 Å². The lowest BCUT2D eigenvalue weighted by Gasteiger charge is -2.03. The lowest BCUT2D eigenvalue weighted by molar-refractivity contribution is 0.628. The summed E-state index contributed by atoms with van der Waals surface area (Å²) in [4.78, 5) is 2.54. The van der Waals surface area contributed by atoms with Gasteiger partial charge < -0.3 is 5.73 Å². The first kappa shape index (κ1) is 10.2. The minimum atomic E-state index is -0.279. The van der Waals surface area contributed by atoms with Gasteiger partial charge in [0.1, 0.15) is 5.82 Å². The largest absolute Gasteiger partial charge is 0.398 e. The molecule has 0 radical (unpaired) electrons. The molecular formula is C12H12FNS. The van der Waals surface area contributed by atoms with Crippen LogP contribution in [0.5, 0.6) is 0 Å². The van der Waals surface area contributed by atoms with Crippen LogP contribution in [0.1, 0.15) is 15.3 Å². The van der Waals surface area contributed by atoms with Gasteiger partial charge in [0.05, 0.1) is 0 Å². The number of halogens is 1. The van der Waals surface area contributed by atoms with E-state index in [0.29, 0.717) is 5.69 Å². The van der Waals surface area contributed by atoms with Crippen molar-refractivity contribution in [2.24, 2.45) is 0 Å². The Hall–Kier alpha value is -1.35. The van der Waals surface area contributed by atoms with Gasteiger partial charge in [-0.3, -0.25) is 0 Å². The van der Waals surface area contributed by atoms with Crippen molar-refractivity contribution in [3.05, 3.63) is 51.5 Å². The van der Waals surface area contributed by atoms with Gasteiger partial charge in [0.15, 0.2) is 0 Å². The lowest BCUT2D eigenvalue weighted by atomic mass is 10.1. The molecule has 0 aliphatic carbocycles. The highest BCUT2D eigenvalue weighted by Gasteiger charge is 2.03. The monoisotopic (exact) mass is 221 g/mol. The van der Waals surface area contributed by atoms with Crippen LogP contribution in [0, 0.1) is 12.7 Å². The first-order chi connectivity index (χ1) is 7.15. The zero-order chi connectivity index (χ0) is 10.8. The summed E-state index contributed by atoms with van der Waals surface area (Å²) in [5.41, 5.74) is 7.25. The van der Waals surface area contributed by atoms with E-state index in [1.165, 1.54) is 21.9 Å². The minimum absolute atomic E-state index is 0.279. The number of anilines is 1. The maximum atomic E-state index is 12.8. The maximum absolute atomic E-state index is 12.8. The SMILES string of the molecule is Cc1ccc(Cc2ccc(F)cc2N)s1. The molecular weight excluding hydrogens is 209 g/mol. The van der Waals surface area contributed by atoms with Crippen LogP contribution in [0.4, 0.5) is 10.1 Å². The molecule has 1 aromatic carbocycles. The van der Waals surface area contributed by atoms with Crippen LogP contribution < -0.4 is 5.73 Å². The van der Waals surface area contributed by atoms with Crippen molar-refractivity contribution in [2.75, 3.05) is 5.73 Å². The second-order valence-corrected chi connectivity index (χ2v) is 4.90. The predicted octanol–water partition coefficient (Wildman–Crippen LogP) is 3.37. The van der Waals surface area contributed by atoms with E-state index in [0.717, 1.165) is 12.0 Å². The van der Waals surface area contributed by atoms with E-state index in [2.05, 4.69) is 19.1 Å². The molecule has 0 atom stereocenters. The summed E-state index contributed by atoms with van der Waals surface area (Å²) in [5, 5.41) is 0. The molecule has 1 aromatic heterocycles. The lowest BCUT2D eigenvalue weighted by Crippen LogP contribution is -1.95. The minimum Gasteiger partial charge on any atom is -0.398 e. The van der Waals surface area contributed by atoms with Crippen molar-refractivity contribution < 1.29 is 4.39 Å². The van der Waals surface area contributed by atoms with Crippen LogP contribution in [0.2, 0.25) is 0 Å². The molecule has 2 rings (SSSR count). The number of benzene rings is 1. The van der Waals surface area contributed by atoms with E-state index >= 15 is 0 Å². The Labute approximate surface area is 92.4 Å². The molecule has 0 unspecified atom stereocenters. The number of nitrogens with two attached hydrogens (primary N) is 1. The molecule has 0 aliphatic heterocycles. The molecule has 2 aromatic rings. The quantitative estimate of drug-likeness (QED) is 0.773. The Morgan fingerprint density at radius 3 is 2.67 bits per heavy atom. The first-order valence-corrected chi connectivity index (χ1v) is 5.56. The fourth-order valence-electron chi connectivity index (χ4n) is 1.49. The van der Waals surface area contributed by atoms with Crippen molar-refractivity contribution in [1.82, 2.24) is 0 Å². The van der Waals surface area contributed by atoms with E-state index in [1.807, 2.05) is 0 Å². The fourth-order valence-corrected chi connectivity index (χ4v) is 2.41. The summed E-state index contributed by atoms with van der Waals surface area (Å²) in [5.74, 6) is -0.279. The van der Waals surface area contributed by atoms with E-state index in [9.17, 15) is 4.39 Å². The van der Waals surface area contributed by atoms with Crippen molar-refractivity contribution in [2.45, 2.75) is 13.3 Å². The number of hydrogen-bond acceptors (Lipinski definition) is 2. The van der Waals surface area contributed by atoms with E-state index < -0.39 is 0 Å². The second-order valence-electron chi connectivity index (χ2n) is 3.53. The van der Waals surface area contributed by atoms with Gasteiger partial charge in [0.2, 0.25) is 0 Å². The number of aryl methyl sites for hydroxylation is 1. The molecule has 78 valence electrons. The van der Waals surface area contributed by atoms with Crippen LogP contribution >= 0.6 is 11.3 Å². The molecule has 0 saturated heterocycles. The van der Waals surface area contributed by atoms with Gasteiger partial charge >= 0.3 is 0 Å². The average Bonchev–Trinajstić information content (AvgIpc) is 2.56. The molecule has 15 heavy (non-hydrogen) atoms. The molecule has 0 fully saturated rings. The topological polar surface area (TPSA) is 26.0 Å². The van der Waals surface area contributed by atoms with Gasteiger partial charge in [0, 0.05) is 21.9 Å². The highest BCUT2D eigenvalue weighted by molar-refractivity contribution is 7.11. The molecule has 0 amide bonds. The third-order valence-corrected chi connectivity index (χ3v) is 3.27. The van der Waals surface area contributed by atoms with Crippen molar-refractivity contribution in [3.8, 4) is 0 Å². The maximum Gasteiger partial charge on any atom is 0.125 e. The molecule has 0 aliphatic rings. The zero-order valence-electron chi connectivity index (χ0n) is 8.46. The second kappa shape index (κ2) is 4.03. The average molecular weight is 221 g/mol. The zero-order valence-corrected chi connectivity index (χ0v) is 9.27. The van der Waals surface area contributed by atoms with E-state index in [1.54, 1.807) is 17.4 Å². The Morgan fingerprint density at radius 2 is 2.07 bits per heavy atom. The highest BCUT2D eigenvalue weighted by atomic mass is 32.1. The van der Waals surface area contributed by atoms with Gasteiger partial charge in [-0.25, -0.2) is 4.39 Å². The van der Waals surface area contributed by atoms with Gasteiger partial charge in [-0.05, 0) is 36.8 Å². The van der Waals surface area contributed by atoms with Gasteiger partial charge in [-0.15, -0.1) is 11.3 Å². The van der Waals surface area contributed by atoms with Crippen molar-refractivity contribution >= 4 is 17.0 Å². The number of nitrogen functional groups attached to an aromatic ring is 1. The van der Waals surface area contributed by atoms with Gasteiger partial charge in [-0.2, -0.15) is 0 Å². The normalized spacial score (nSPS) is 10.5. The number of rotatable bonds is 2. The Morgan fingerprint density at radius 1 is 1.27 bits per heavy atom. The summed E-state index contributed by atoms with van der Waals surface area (Å²) < 4.78 is 12.8. The van der Waals surface area contributed by atoms with Crippen molar-refractivity contribution in [3.63, 3.8) is 0 Å². The Kier molecular flexibility index (Phi) is 2.73. The number of thiophene rings is 1. The van der Waals surface area contributed by atoms with Gasteiger partial charge in [0.25, 0.3) is 0 Å². The molecule has 0 bridgehead atoms. The van der Waals surface area contributed by atoms with Crippen molar-refractivity contribution in [1.29, 1.82) is 0 Å². The summed E-state index contributed by atoms with van der Waals surface area (Å²) in [6.07, 6.45) is 0.782. The summed E-state index contributed by atoms with van der Waals surface area (Å²) in [7, 11) is 0.